The summed E-state index contributed by atoms with van der Waals surface area (Å²) in [5.41, 5.74) is 1.27. The Labute approximate surface area is 177 Å². The first-order chi connectivity index (χ1) is 14.7. The molecule has 2 aliphatic heterocycles. The molecule has 160 valence electrons. The standard InChI is InChI=1S/C23H30N4O3/c1-2-17-5-7-19(8-6-17)30-22-14-21(25-16-26-22)27-11-9-18(10-12-27)23(28)24-15-20-4-3-13-29-20/h5-8,14,16,18,20H,2-4,9-13,15H2,1H3,(H,24,28)/t20-/m1/s1. The summed E-state index contributed by atoms with van der Waals surface area (Å²) < 4.78 is 11.5. The molecule has 0 aliphatic carbocycles. The van der Waals surface area contributed by atoms with Gasteiger partial charge in [-0.05, 0) is 49.8 Å². The highest BCUT2D eigenvalue weighted by atomic mass is 16.5. The third-order valence-corrected chi connectivity index (χ3v) is 5.90. The molecule has 1 N–H and O–H groups in total. The van der Waals surface area contributed by atoms with Crippen molar-refractivity contribution in [1.29, 1.82) is 0 Å². The monoisotopic (exact) mass is 410 g/mol. The summed E-state index contributed by atoms with van der Waals surface area (Å²) in [7, 11) is 0. The number of carbonyl (C=O) groups excluding carboxylic acids is 1. The van der Waals surface area contributed by atoms with Gasteiger partial charge in [-0.1, -0.05) is 19.1 Å². The molecule has 2 saturated heterocycles. The van der Waals surface area contributed by atoms with Crippen LogP contribution in [0, 0.1) is 5.92 Å². The smallest absolute Gasteiger partial charge is 0.224 e. The lowest BCUT2D eigenvalue weighted by atomic mass is 9.96. The van der Waals surface area contributed by atoms with Crippen LogP contribution in [0.15, 0.2) is 36.7 Å². The molecule has 3 heterocycles. The molecule has 0 bridgehead atoms. The topological polar surface area (TPSA) is 76.6 Å². The fraction of sp³-hybridized carbons (Fsp3) is 0.522. The Hall–Kier alpha value is -2.67. The van der Waals surface area contributed by atoms with Crippen LogP contribution in [0.25, 0.3) is 0 Å². The molecule has 7 heteroatoms. The van der Waals surface area contributed by atoms with Gasteiger partial charge in [-0.25, -0.2) is 9.97 Å². The number of amides is 1. The normalized spacial score (nSPS) is 19.6. The number of aromatic nitrogens is 2. The molecule has 1 amide bonds. The molecule has 1 aromatic heterocycles. The third-order valence-electron chi connectivity index (χ3n) is 5.90. The molecule has 2 aromatic rings. The Kier molecular flexibility index (Phi) is 6.79. The lowest BCUT2D eigenvalue weighted by molar-refractivity contribution is -0.126. The van der Waals surface area contributed by atoms with E-state index in [4.69, 9.17) is 9.47 Å². The summed E-state index contributed by atoms with van der Waals surface area (Å²) >= 11 is 0. The Morgan fingerprint density at radius 2 is 2.00 bits per heavy atom. The van der Waals surface area contributed by atoms with Crippen molar-refractivity contribution in [2.75, 3.05) is 31.1 Å². The van der Waals surface area contributed by atoms with Crippen molar-refractivity contribution in [2.24, 2.45) is 5.92 Å². The molecule has 0 radical (unpaired) electrons. The molecule has 0 saturated carbocycles. The maximum Gasteiger partial charge on any atom is 0.224 e. The third kappa shape index (κ3) is 5.27. The van der Waals surface area contributed by atoms with Crippen molar-refractivity contribution in [2.45, 2.75) is 45.1 Å². The lowest BCUT2D eigenvalue weighted by Crippen LogP contribution is -2.42. The molecule has 7 nitrogen and oxygen atoms in total. The minimum Gasteiger partial charge on any atom is -0.439 e. The molecule has 4 rings (SSSR count). The zero-order chi connectivity index (χ0) is 20.8. The first kappa shape index (κ1) is 20.6. The van der Waals surface area contributed by atoms with Gasteiger partial charge in [0.25, 0.3) is 0 Å². The van der Waals surface area contributed by atoms with E-state index in [0.717, 1.165) is 63.4 Å². The largest absolute Gasteiger partial charge is 0.439 e. The zero-order valence-corrected chi connectivity index (χ0v) is 17.5. The number of hydrogen-bond acceptors (Lipinski definition) is 6. The number of rotatable bonds is 7. The average molecular weight is 411 g/mol. The molecule has 1 aromatic carbocycles. The molecular formula is C23H30N4O3. The summed E-state index contributed by atoms with van der Waals surface area (Å²) in [5, 5.41) is 3.07. The summed E-state index contributed by atoms with van der Waals surface area (Å²) in [6, 6.07) is 9.91. The molecule has 2 fully saturated rings. The lowest BCUT2D eigenvalue weighted by Gasteiger charge is -2.32. The van der Waals surface area contributed by atoms with Crippen LogP contribution in [0.1, 0.15) is 38.2 Å². The Balaban J connectivity index is 1.28. The van der Waals surface area contributed by atoms with Gasteiger partial charge in [-0.3, -0.25) is 4.79 Å². The van der Waals surface area contributed by atoms with Crippen LogP contribution in [0.2, 0.25) is 0 Å². The van der Waals surface area contributed by atoms with Crippen LogP contribution in [-0.2, 0) is 16.0 Å². The highest BCUT2D eigenvalue weighted by Crippen LogP contribution is 2.26. The second-order valence-electron chi connectivity index (χ2n) is 7.96. The fourth-order valence-corrected chi connectivity index (χ4v) is 4.01. The van der Waals surface area contributed by atoms with Gasteiger partial charge in [0.1, 0.15) is 17.9 Å². The van der Waals surface area contributed by atoms with E-state index in [9.17, 15) is 4.79 Å². The Morgan fingerprint density at radius 1 is 1.20 bits per heavy atom. The maximum atomic E-state index is 12.5. The van der Waals surface area contributed by atoms with Crippen molar-refractivity contribution in [1.82, 2.24) is 15.3 Å². The zero-order valence-electron chi connectivity index (χ0n) is 17.5. The van der Waals surface area contributed by atoms with Gasteiger partial charge in [-0.15, -0.1) is 0 Å². The van der Waals surface area contributed by atoms with E-state index < -0.39 is 0 Å². The highest BCUT2D eigenvalue weighted by molar-refractivity contribution is 5.79. The number of hydrogen-bond donors (Lipinski definition) is 1. The number of nitrogens with zero attached hydrogens (tertiary/aromatic N) is 3. The van der Waals surface area contributed by atoms with Gasteiger partial charge < -0.3 is 19.7 Å². The maximum absolute atomic E-state index is 12.5. The van der Waals surface area contributed by atoms with Gasteiger partial charge in [-0.2, -0.15) is 0 Å². The fourth-order valence-electron chi connectivity index (χ4n) is 4.01. The number of anilines is 1. The van der Waals surface area contributed by atoms with Crippen LogP contribution in [0.5, 0.6) is 11.6 Å². The Bertz CT molecular complexity index is 829. The molecule has 30 heavy (non-hydrogen) atoms. The first-order valence-corrected chi connectivity index (χ1v) is 10.9. The van der Waals surface area contributed by atoms with Gasteiger partial charge in [0, 0.05) is 38.2 Å². The minimum absolute atomic E-state index is 0.0530. The molecule has 2 aliphatic rings. The van der Waals surface area contributed by atoms with Gasteiger partial charge in [0.15, 0.2) is 0 Å². The predicted molar refractivity (Wildman–Crippen MR) is 115 cm³/mol. The summed E-state index contributed by atoms with van der Waals surface area (Å²) in [6.07, 6.45) is 6.48. The highest BCUT2D eigenvalue weighted by Gasteiger charge is 2.26. The molecule has 1 atom stereocenters. The second-order valence-corrected chi connectivity index (χ2v) is 7.96. The number of benzene rings is 1. The van der Waals surface area contributed by atoms with Crippen LogP contribution in [0.3, 0.4) is 0 Å². The molecular weight excluding hydrogens is 380 g/mol. The Morgan fingerprint density at radius 3 is 2.70 bits per heavy atom. The van der Waals surface area contributed by atoms with E-state index in [2.05, 4.69) is 39.2 Å². The molecule has 0 unspecified atom stereocenters. The van der Waals surface area contributed by atoms with Crippen LogP contribution < -0.4 is 15.0 Å². The minimum atomic E-state index is 0.0530. The van der Waals surface area contributed by atoms with E-state index in [1.165, 1.54) is 11.9 Å². The quantitative estimate of drug-likeness (QED) is 0.754. The van der Waals surface area contributed by atoms with Crippen molar-refractivity contribution in [3.63, 3.8) is 0 Å². The van der Waals surface area contributed by atoms with E-state index in [0.29, 0.717) is 12.4 Å². The van der Waals surface area contributed by atoms with Crippen LogP contribution in [-0.4, -0.2) is 48.2 Å². The van der Waals surface area contributed by atoms with E-state index >= 15 is 0 Å². The predicted octanol–water partition coefficient (Wildman–Crippen LogP) is 3.34. The van der Waals surface area contributed by atoms with Gasteiger partial charge >= 0.3 is 0 Å². The molecule has 0 spiro atoms. The van der Waals surface area contributed by atoms with Crippen molar-refractivity contribution in [3.8, 4) is 11.6 Å². The van der Waals surface area contributed by atoms with E-state index in [-0.39, 0.29) is 17.9 Å². The number of carbonyl (C=O) groups is 1. The van der Waals surface area contributed by atoms with Crippen molar-refractivity contribution in [3.05, 3.63) is 42.2 Å². The number of ether oxygens (including phenoxy) is 2. The van der Waals surface area contributed by atoms with Crippen LogP contribution in [0.4, 0.5) is 5.82 Å². The van der Waals surface area contributed by atoms with E-state index in [1.54, 1.807) is 0 Å². The van der Waals surface area contributed by atoms with Gasteiger partial charge in [0.05, 0.1) is 6.10 Å². The first-order valence-electron chi connectivity index (χ1n) is 10.9. The van der Waals surface area contributed by atoms with Crippen molar-refractivity contribution < 1.29 is 14.3 Å². The number of aryl methyl sites for hydroxylation is 1. The number of piperidine rings is 1. The summed E-state index contributed by atoms with van der Waals surface area (Å²) in [6.45, 7) is 5.15. The second kappa shape index (κ2) is 9.89. The van der Waals surface area contributed by atoms with Gasteiger partial charge in [0.2, 0.25) is 11.8 Å². The summed E-state index contributed by atoms with van der Waals surface area (Å²) in [5.74, 6) is 2.33. The van der Waals surface area contributed by atoms with Crippen LogP contribution >= 0.6 is 0 Å². The van der Waals surface area contributed by atoms with Crippen molar-refractivity contribution >= 4 is 11.7 Å². The van der Waals surface area contributed by atoms with E-state index in [1.807, 2.05) is 18.2 Å². The average Bonchev–Trinajstić information content (AvgIpc) is 3.32. The number of nitrogens with one attached hydrogen (secondary N) is 1. The SMILES string of the molecule is CCc1ccc(Oc2cc(N3CCC(C(=O)NC[C@H]4CCCO4)CC3)ncn2)cc1. The summed E-state index contributed by atoms with van der Waals surface area (Å²) in [4.78, 5) is 23.3.